The molecular formula is C18H16F6N2O. The lowest BCUT2D eigenvalue weighted by Gasteiger charge is -2.16. The Balaban J connectivity index is 2.41. The number of anilines is 2. The normalized spacial score (nSPS) is 12.0. The smallest absolute Gasteiger partial charge is 0.378 e. The van der Waals surface area contributed by atoms with E-state index in [4.69, 9.17) is 0 Å². The van der Waals surface area contributed by atoms with Crippen LogP contribution in [0.1, 0.15) is 27.0 Å². The number of hydrogen-bond acceptors (Lipinski definition) is 2. The number of aryl methyl sites for hydroxylation is 1. The molecule has 0 saturated heterocycles. The highest BCUT2D eigenvalue weighted by Gasteiger charge is 2.37. The van der Waals surface area contributed by atoms with E-state index in [1.165, 1.54) is 6.07 Å². The van der Waals surface area contributed by atoms with Crippen molar-refractivity contribution in [2.75, 3.05) is 24.3 Å². The summed E-state index contributed by atoms with van der Waals surface area (Å²) in [7, 11) is 3.60. The van der Waals surface area contributed by atoms with Crippen molar-refractivity contribution < 1.29 is 31.1 Å². The molecule has 2 aromatic rings. The van der Waals surface area contributed by atoms with E-state index in [0.717, 1.165) is 5.69 Å². The average molecular weight is 390 g/mol. The zero-order valence-electron chi connectivity index (χ0n) is 14.6. The first-order valence-electron chi connectivity index (χ1n) is 7.68. The monoisotopic (exact) mass is 390 g/mol. The fraction of sp³-hybridized carbons (Fsp3) is 0.278. The van der Waals surface area contributed by atoms with Crippen LogP contribution >= 0.6 is 0 Å². The Kier molecular flexibility index (Phi) is 5.44. The Hall–Kier alpha value is -2.71. The summed E-state index contributed by atoms with van der Waals surface area (Å²) in [4.78, 5) is 14.1. The fourth-order valence-electron chi connectivity index (χ4n) is 2.35. The van der Waals surface area contributed by atoms with Gasteiger partial charge in [0.15, 0.2) is 0 Å². The van der Waals surface area contributed by atoms with Crippen LogP contribution in [0.3, 0.4) is 0 Å². The van der Waals surface area contributed by atoms with Crippen molar-refractivity contribution in [3.63, 3.8) is 0 Å². The molecule has 0 spiro atoms. The Morgan fingerprint density at radius 1 is 0.889 bits per heavy atom. The van der Waals surface area contributed by atoms with Crippen LogP contribution in [-0.2, 0) is 12.4 Å². The molecule has 1 amide bonds. The molecule has 0 aliphatic rings. The summed E-state index contributed by atoms with van der Waals surface area (Å²) < 4.78 is 77.4. The second kappa shape index (κ2) is 7.13. The van der Waals surface area contributed by atoms with Gasteiger partial charge in [-0.2, -0.15) is 26.3 Å². The molecule has 0 fully saturated rings. The number of nitrogens with one attached hydrogen (secondary N) is 1. The number of carbonyl (C=O) groups excluding carboxylic acids is 1. The van der Waals surface area contributed by atoms with Crippen molar-refractivity contribution in [1.82, 2.24) is 0 Å². The van der Waals surface area contributed by atoms with Crippen LogP contribution in [0.5, 0.6) is 0 Å². The van der Waals surface area contributed by atoms with Crippen molar-refractivity contribution in [2.45, 2.75) is 19.3 Å². The van der Waals surface area contributed by atoms with E-state index in [1.54, 1.807) is 38.1 Å². The van der Waals surface area contributed by atoms with Crippen LogP contribution in [0.2, 0.25) is 0 Å². The standard InChI is InChI=1S/C18H16F6N2O/c1-10-6-14(26(2)3)4-5-15(10)25-16(27)11-7-12(17(19,20)21)9-13(8-11)18(22,23)24/h4-9H,1-3H3,(H,25,27). The zero-order chi connectivity index (χ0) is 20.6. The summed E-state index contributed by atoms with van der Waals surface area (Å²) in [5.41, 5.74) is -2.09. The number of halogens is 6. The number of carbonyl (C=O) groups is 1. The van der Waals surface area contributed by atoms with Gasteiger partial charge in [-0.25, -0.2) is 0 Å². The summed E-state index contributed by atoms with van der Waals surface area (Å²) in [5, 5.41) is 2.36. The van der Waals surface area contributed by atoms with Crippen LogP contribution in [0.4, 0.5) is 37.7 Å². The molecule has 0 radical (unpaired) electrons. The minimum Gasteiger partial charge on any atom is -0.378 e. The molecule has 0 aliphatic heterocycles. The topological polar surface area (TPSA) is 32.3 Å². The van der Waals surface area contributed by atoms with E-state index in [9.17, 15) is 31.1 Å². The maximum atomic E-state index is 12.9. The molecule has 0 atom stereocenters. The lowest BCUT2D eigenvalue weighted by atomic mass is 10.0. The van der Waals surface area contributed by atoms with E-state index in [0.29, 0.717) is 17.7 Å². The molecule has 3 nitrogen and oxygen atoms in total. The minimum absolute atomic E-state index is 0.0199. The first-order chi connectivity index (χ1) is 12.3. The first kappa shape index (κ1) is 20.6. The number of rotatable bonds is 3. The van der Waals surface area contributed by atoms with Gasteiger partial charge in [0, 0.05) is 31.0 Å². The third kappa shape index (κ3) is 4.93. The van der Waals surface area contributed by atoms with Gasteiger partial charge in [-0.3, -0.25) is 4.79 Å². The molecule has 1 N–H and O–H groups in total. The quantitative estimate of drug-likeness (QED) is 0.717. The molecule has 2 aromatic carbocycles. The highest BCUT2D eigenvalue weighted by atomic mass is 19.4. The molecule has 2 rings (SSSR count). The maximum absolute atomic E-state index is 12.9. The van der Waals surface area contributed by atoms with E-state index < -0.39 is 35.0 Å². The first-order valence-corrected chi connectivity index (χ1v) is 7.68. The van der Waals surface area contributed by atoms with E-state index in [-0.39, 0.29) is 11.8 Å². The second-order valence-corrected chi connectivity index (χ2v) is 6.14. The van der Waals surface area contributed by atoms with Crippen LogP contribution < -0.4 is 10.2 Å². The predicted octanol–water partition coefficient (Wildman–Crippen LogP) is 5.35. The molecule has 0 aliphatic carbocycles. The van der Waals surface area contributed by atoms with Gasteiger partial charge in [0.2, 0.25) is 0 Å². The SMILES string of the molecule is Cc1cc(N(C)C)ccc1NC(=O)c1cc(C(F)(F)F)cc(C(F)(F)F)c1. The Morgan fingerprint density at radius 3 is 1.81 bits per heavy atom. The molecule has 0 bridgehead atoms. The molecular weight excluding hydrogens is 374 g/mol. The number of nitrogens with zero attached hydrogens (tertiary/aromatic N) is 1. The molecule has 0 unspecified atom stereocenters. The third-order valence-corrected chi connectivity index (χ3v) is 3.82. The number of benzene rings is 2. The molecule has 9 heteroatoms. The van der Waals surface area contributed by atoms with Gasteiger partial charge in [0.1, 0.15) is 0 Å². The average Bonchev–Trinajstić information content (AvgIpc) is 2.54. The van der Waals surface area contributed by atoms with Crippen molar-refractivity contribution in [2.24, 2.45) is 0 Å². The van der Waals surface area contributed by atoms with E-state index >= 15 is 0 Å². The van der Waals surface area contributed by atoms with E-state index in [1.807, 2.05) is 0 Å². The summed E-state index contributed by atoms with van der Waals surface area (Å²) in [6, 6.07) is 5.69. The van der Waals surface area contributed by atoms with Gasteiger partial charge >= 0.3 is 12.4 Å². The molecule has 146 valence electrons. The van der Waals surface area contributed by atoms with Crippen LogP contribution in [0.25, 0.3) is 0 Å². The highest BCUT2D eigenvalue weighted by molar-refractivity contribution is 6.05. The lowest BCUT2D eigenvalue weighted by molar-refractivity contribution is -0.143. The number of alkyl halides is 6. The minimum atomic E-state index is -5.01. The van der Waals surface area contributed by atoms with Crippen molar-refractivity contribution >= 4 is 17.3 Å². The van der Waals surface area contributed by atoms with Gasteiger partial charge in [0.25, 0.3) is 5.91 Å². The Bertz CT molecular complexity index is 824. The van der Waals surface area contributed by atoms with Crippen molar-refractivity contribution in [1.29, 1.82) is 0 Å². The van der Waals surface area contributed by atoms with Crippen LogP contribution in [-0.4, -0.2) is 20.0 Å². The molecule has 27 heavy (non-hydrogen) atoms. The van der Waals surface area contributed by atoms with Gasteiger partial charge in [-0.05, 0) is 48.9 Å². The molecule has 0 heterocycles. The second-order valence-electron chi connectivity index (χ2n) is 6.14. The Morgan fingerprint density at radius 2 is 1.41 bits per heavy atom. The molecule has 0 saturated carbocycles. The highest BCUT2D eigenvalue weighted by Crippen LogP contribution is 2.36. The van der Waals surface area contributed by atoms with Crippen molar-refractivity contribution in [3.8, 4) is 0 Å². The number of hydrogen-bond donors (Lipinski definition) is 1. The maximum Gasteiger partial charge on any atom is 0.416 e. The van der Waals surface area contributed by atoms with Gasteiger partial charge in [-0.15, -0.1) is 0 Å². The van der Waals surface area contributed by atoms with Gasteiger partial charge in [-0.1, -0.05) is 0 Å². The summed E-state index contributed by atoms with van der Waals surface area (Å²) in [6.45, 7) is 1.66. The third-order valence-electron chi connectivity index (χ3n) is 3.82. The summed E-state index contributed by atoms with van der Waals surface area (Å²) in [6.07, 6.45) is -10.0. The Labute approximate surface area is 151 Å². The fourth-order valence-corrected chi connectivity index (χ4v) is 2.35. The summed E-state index contributed by atoms with van der Waals surface area (Å²) in [5.74, 6) is -1.06. The number of amides is 1. The molecule has 0 aromatic heterocycles. The van der Waals surface area contributed by atoms with Crippen LogP contribution in [0.15, 0.2) is 36.4 Å². The van der Waals surface area contributed by atoms with E-state index in [2.05, 4.69) is 5.32 Å². The zero-order valence-corrected chi connectivity index (χ0v) is 14.6. The predicted molar refractivity (Wildman–Crippen MR) is 89.9 cm³/mol. The largest absolute Gasteiger partial charge is 0.416 e. The van der Waals surface area contributed by atoms with Crippen molar-refractivity contribution in [3.05, 3.63) is 58.7 Å². The van der Waals surface area contributed by atoms with Crippen LogP contribution in [0, 0.1) is 6.92 Å². The lowest BCUT2D eigenvalue weighted by Crippen LogP contribution is -2.18. The van der Waals surface area contributed by atoms with Gasteiger partial charge in [0.05, 0.1) is 11.1 Å². The summed E-state index contributed by atoms with van der Waals surface area (Å²) >= 11 is 0. The van der Waals surface area contributed by atoms with Gasteiger partial charge < -0.3 is 10.2 Å².